The van der Waals surface area contributed by atoms with Gasteiger partial charge in [0.15, 0.2) is 11.6 Å². The molecule has 0 aliphatic heterocycles. The number of halogens is 2. The quantitative estimate of drug-likeness (QED) is 0.876. The minimum atomic E-state index is -0.878. The van der Waals surface area contributed by atoms with Crippen molar-refractivity contribution in [2.45, 2.75) is 17.1 Å². The van der Waals surface area contributed by atoms with Gasteiger partial charge >= 0.3 is 0 Å². The third-order valence-corrected chi connectivity index (χ3v) is 3.72. The topological polar surface area (TPSA) is 67.9 Å². The largest absolute Gasteiger partial charge is 0.368 e. The third-order valence-electron chi connectivity index (χ3n) is 2.63. The summed E-state index contributed by atoms with van der Waals surface area (Å²) in [6, 6.07) is 3.75. The highest BCUT2D eigenvalue weighted by Gasteiger charge is 2.15. The number of hydrogen-bond acceptors (Lipinski definition) is 6. The second-order valence-corrected chi connectivity index (χ2v) is 6.00. The summed E-state index contributed by atoms with van der Waals surface area (Å²) in [4.78, 5) is 14.7. The Morgan fingerprint density at radius 3 is 2.48 bits per heavy atom. The molecule has 112 valence electrons. The Bertz CT molecular complexity index is 650. The van der Waals surface area contributed by atoms with E-state index < -0.39 is 11.6 Å². The monoisotopic (exact) mass is 311 g/mol. The molecule has 0 saturated carbocycles. The van der Waals surface area contributed by atoms with Gasteiger partial charge in [-0.2, -0.15) is 15.0 Å². The first-order chi connectivity index (χ1) is 9.86. The Morgan fingerprint density at radius 2 is 1.86 bits per heavy atom. The van der Waals surface area contributed by atoms with Crippen LogP contribution in [0.5, 0.6) is 0 Å². The zero-order valence-electron chi connectivity index (χ0n) is 11.8. The SMILES string of the molecule is CC(Sc1ccc(F)c(F)c1)c1nc(N)nc(N(C)C)n1. The van der Waals surface area contributed by atoms with Crippen LogP contribution in [0.1, 0.15) is 18.0 Å². The van der Waals surface area contributed by atoms with Crippen molar-refractivity contribution >= 4 is 23.7 Å². The Balaban J connectivity index is 2.23. The number of benzene rings is 1. The molecule has 1 aromatic heterocycles. The van der Waals surface area contributed by atoms with Gasteiger partial charge in [0.1, 0.15) is 5.82 Å². The predicted octanol–water partition coefficient (Wildman–Crippen LogP) is 2.65. The maximum Gasteiger partial charge on any atom is 0.229 e. The molecule has 1 heterocycles. The summed E-state index contributed by atoms with van der Waals surface area (Å²) in [5.74, 6) is -0.680. The molecule has 0 aliphatic carbocycles. The number of hydrogen-bond donors (Lipinski definition) is 1. The highest BCUT2D eigenvalue weighted by molar-refractivity contribution is 7.99. The maximum absolute atomic E-state index is 13.2. The molecule has 1 aromatic carbocycles. The summed E-state index contributed by atoms with van der Waals surface area (Å²) in [5.41, 5.74) is 5.66. The molecule has 0 saturated heterocycles. The molecular formula is C13H15F2N5S. The first-order valence-corrected chi connectivity index (χ1v) is 7.05. The van der Waals surface area contributed by atoms with E-state index >= 15 is 0 Å². The summed E-state index contributed by atoms with van der Waals surface area (Å²) in [6.45, 7) is 1.86. The lowest BCUT2D eigenvalue weighted by Gasteiger charge is -2.14. The lowest BCUT2D eigenvalue weighted by molar-refractivity contribution is 0.506. The number of nitrogens with two attached hydrogens (primary N) is 1. The van der Waals surface area contributed by atoms with Gasteiger partial charge in [-0.3, -0.25) is 0 Å². The van der Waals surface area contributed by atoms with Gasteiger partial charge in [0.25, 0.3) is 0 Å². The molecule has 0 amide bonds. The Kier molecular flexibility index (Phi) is 4.56. The minimum Gasteiger partial charge on any atom is -0.368 e. The smallest absolute Gasteiger partial charge is 0.229 e. The minimum absolute atomic E-state index is 0.126. The average molecular weight is 311 g/mol. The number of rotatable bonds is 4. The van der Waals surface area contributed by atoms with Crippen molar-refractivity contribution in [1.82, 2.24) is 15.0 Å². The van der Waals surface area contributed by atoms with E-state index in [2.05, 4.69) is 15.0 Å². The average Bonchev–Trinajstić information content (AvgIpc) is 2.42. The van der Waals surface area contributed by atoms with Gasteiger partial charge in [0, 0.05) is 19.0 Å². The fourth-order valence-electron chi connectivity index (χ4n) is 1.59. The van der Waals surface area contributed by atoms with Gasteiger partial charge < -0.3 is 10.6 Å². The number of nitrogens with zero attached hydrogens (tertiary/aromatic N) is 4. The van der Waals surface area contributed by atoms with Crippen molar-refractivity contribution in [3.05, 3.63) is 35.7 Å². The lowest BCUT2D eigenvalue weighted by Crippen LogP contribution is -2.16. The summed E-state index contributed by atoms with van der Waals surface area (Å²) in [6.07, 6.45) is 0. The van der Waals surface area contributed by atoms with Crippen LogP contribution in [0.15, 0.2) is 23.1 Å². The Labute approximate surface area is 125 Å². The number of anilines is 2. The number of thioether (sulfide) groups is 1. The molecule has 8 heteroatoms. The molecule has 2 rings (SSSR count). The maximum atomic E-state index is 13.2. The van der Waals surface area contributed by atoms with Gasteiger partial charge in [0.2, 0.25) is 11.9 Å². The Hall–Kier alpha value is -1.96. The number of aromatic nitrogens is 3. The van der Waals surface area contributed by atoms with Crippen LogP contribution in [0, 0.1) is 11.6 Å². The van der Waals surface area contributed by atoms with Crippen LogP contribution in [0.3, 0.4) is 0 Å². The van der Waals surface area contributed by atoms with Crippen molar-refractivity contribution in [1.29, 1.82) is 0 Å². The predicted molar refractivity (Wildman–Crippen MR) is 79.2 cm³/mol. The van der Waals surface area contributed by atoms with Gasteiger partial charge in [-0.05, 0) is 25.1 Å². The van der Waals surface area contributed by atoms with Crippen LogP contribution < -0.4 is 10.6 Å². The zero-order valence-corrected chi connectivity index (χ0v) is 12.7. The van der Waals surface area contributed by atoms with E-state index in [4.69, 9.17) is 5.73 Å². The summed E-state index contributed by atoms with van der Waals surface area (Å²) >= 11 is 1.32. The van der Waals surface area contributed by atoms with E-state index in [1.54, 1.807) is 19.0 Å². The molecule has 21 heavy (non-hydrogen) atoms. The molecule has 2 aromatic rings. The van der Waals surface area contributed by atoms with E-state index in [9.17, 15) is 8.78 Å². The highest BCUT2D eigenvalue weighted by atomic mass is 32.2. The van der Waals surface area contributed by atoms with Crippen LogP contribution >= 0.6 is 11.8 Å². The van der Waals surface area contributed by atoms with Crippen molar-refractivity contribution in [3.63, 3.8) is 0 Å². The van der Waals surface area contributed by atoms with Crippen molar-refractivity contribution in [3.8, 4) is 0 Å². The first kappa shape index (κ1) is 15.4. The van der Waals surface area contributed by atoms with Crippen molar-refractivity contribution in [2.75, 3.05) is 24.7 Å². The fraction of sp³-hybridized carbons (Fsp3) is 0.308. The van der Waals surface area contributed by atoms with E-state index in [-0.39, 0.29) is 11.2 Å². The van der Waals surface area contributed by atoms with Crippen LogP contribution in [0.25, 0.3) is 0 Å². The highest BCUT2D eigenvalue weighted by Crippen LogP contribution is 2.34. The molecule has 5 nitrogen and oxygen atoms in total. The summed E-state index contributed by atoms with van der Waals surface area (Å²) in [7, 11) is 3.59. The van der Waals surface area contributed by atoms with Crippen LogP contribution in [0.2, 0.25) is 0 Å². The Morgan fingerprint density at radius 1 is 1.14 bits per heavy atom. The van der Waals surface area contributed by atoms with Gasteiger partial charge in [-0.1, -0.05) is 0 Å². The van der Waals surface area contributed by atoms with E-state index in [1.165, 1.54) is 17.8 Å². The van der Waals surface area contributed by atoms with Crippen molar-refractivity contribution in [2.24, 2.45) is 0 Å². The third kappa shape index (κ3) is 3.78. The van der Waals surface area contributed by atoms with Gasteiger partial charge in [0.05, 0.1) is 5.25 Å². The van der Waals surface area contributed by atoms with Crippen LogP contribution in [-0.4, -0.2) is 29.0 Å². The first-order valence-electron chi connectivity index (χ1n) is 6.17. The van der Waals surface area contributed by atoms with Gasteiger partial charge in [-0.15, -0.1) is 11.8 Å². The molecule has 1 atom stereocenters. The molecule has 0 spiro atoms. The summed E-state index contributed by atoms with van der Waals surface area (Å²) < 4.78 is 26.1. The molecule has 0 bridgehead atoms. The molecule has 0 aliphatic rings. The van der Waals surface area contributed by atoms with Gasteiger partial charge in [-0.25, -0.2) is 8.78 Å². The fourth-order valence-corrected chi connectivity index (χ4v) is 2.52. The van der Waals surface area contributed by atoms with Crippen LogP contribution in [-0.2, 0) is 0 Å². The molecular weight excluding hydrogens is 296 g/mol. The second-order valence-electron chi connectivity index (χ2n) is 4.58. The van der Waals surface area contributed by atoms with E-state index in [0.29, 0.717) is 16.7 Å². The van der Waals surface area contributed by atoms with E-state index in [0.717, 1.165) is 12.1 Å². The molecule has 1 unspecified atom stereocenters. The molecule has 2 N–H and O–H groups in total. The summed E-state index contributed by atoms with van der Waals surface area (Å²) in [5, 5.41) is -0.182. The lowest BCUT2D eigenvalue weighted by atomic mass is 10.3. The molecule has 0 fully saturated rings. The normalized spacial score (nSPS) is 12.2. The van der Waals surface area contributed by atoms with Crippen molar-refractivity contribution < 1.29 is 8.78 Å². The van der Waals surface area contributed by atoms with E-state index in [1.807, 2.05) is 6.92 Å². The standard InChI is InChI=1S/C13H15F2N5S/c1-7(21-8-4-5-9(14)10(15)6-8)11-17-12(16)19-13(18-11)20(2)3/h4-7H,1-3H3,(H2,16,17,18,19). The number of nitrogen functional groups attached to an aromatic ring is 1. The van der Waals surface area contributed by atoms with Crippen LogP contribution in [0.4, 0.5) is 20.7 Å². The second kappa shape index (κ2) is 6.21. The zero-order chi connectivity index (χ0) is 15.6. The molecule has 0 radical (unpaired) electrons.